The van der Waals surface area contributed by atoms with Gasteiger partial charge in [0.25, 0.3) is 0 Å². The normalized spacial score (nSPS) is 22.9. The van der Waals surface area contributed by atoms with E-state index in [1.807, 2.05) is 6.92 Å². The van der Waals surface area contributed by atoms with Gasteiger partial charge in [-0.2, -0.15) is 0 Å². The second-order valence-corrected chi connectivity index (χ2v) is 4.11. The van der Waals surface area contributed by atoms with Gasteiger partial charge in [-0.25, -0.2) is 0 Å². The molecule has 0 aromatic carbocycles. The third-order valence-electron chi connectivity index (χ3n) is 3.19. The van der Waals surface area contributed by atoms with Crippen molar-refractivity contribution in [2.75, 3.05) is 19.7 Å². The van der Waals surface area contributed by atoms with Crippen LogP contribution in [0.3, 0.4) is 0 Å². The van der Waals surface area contributed by atoms with E-state index in [0.717, 1.165) is 32.4 Å². The van der Waals surface area contributed by atoms with E-state index in [1.165, 1.54) is 0 Å². The summed E-state index contributed by atoms with van der Waals surface area (Å²) in [5, 5.41) is 20.8. The van der Waals surface area contributed by atoms with Crippen LogP contribution in [0.2, 0.25) is 0 Å². The van der Waals surface area contributed by atoms with E-state index in [2.05, 4.69) is 10.1 Å². The maximum atomic E-state index is 9.02. The van der Waals surface area contributed by atoms with E-state index >= 15 is 0 Å². The summed E-state index contributed by atoms with van der Waals surface area (Å²) in [4.78, 5) is 2.22. The Morgan fingerprint density at radius 2 is 2.13 bits per heavy atom. The van der Waals surface area contributed by atoms with Crippen molar-refractivity contribution in [3.8, 4) is 0 Å². The number of likely N-dealkylation sites (tertiary alicyclic amines) is 1. The lowest BCUT2D eigenvalue weighted by Crippen LogP contribution is -2.48. The Bertz CT molecular complexity index is 213. The summed E-state index contributed by atoms with van der Waals surface area (Å²) < 4.78 is 0. The number of hydrogen-bond acceptors (Lipinski definition) is 4. The summed E-state index contributed by atoms with van der Waals surface area (Å²) >= 11 is 0. The topological polar surface area (TPSA) is 82.1 Å². The summed E-state index contributed by atoms with van der Waals surface area (Å²) in [6.07, 6.45) is 2.83. The van der Waals surface area contributed by atoms with Crippen LogP contribution >= 0.6 is 0 Å². The number of aliphatic hydroxyl groups is 1. The molecule has 0 spiro atoms. The monoisotopic (exact) mass is 215 g/mol. The summed E-state index contributed by atoms with van der Waals surface area (Å²) in [5.74, 6) is 0.714. The fourth-order valence-corrected chi connectivity index (χ4v) is 2.17. The second kappa shape index (κ2) is 5.92. The minimum absolute atomic E-state index is 0.0367. The first-order chi connectivity index (χ1) is 7.22. The number of oxime groups is 1. The van der Waals surface area contributed by atoms with E-state index in [1.54, 1.807) is 0 Å². The third kappa shape index (κ3) is 3.07. The smallest absolute Gasteiger partial charge is 0.156 e. The Hall–Kier alpha value is -0.810. The van der Waals surface area contributed by atoms with Crippen molar-refractivity contribution in [1.29, 1.82) is 0 Å². The van der Waals surface area contributed by atoms with Crippen LogP contribution in [0.1, 0.15) is 26.2 Å². The number of nitrogens with two attached hydrogens (primary N) is 1. The molecule has 1 saturated heterocycles. The quantitative estimate of drug-likeness (QED) is 0.271. The highest BCUT2D eigenvalue weighted by Crippen LogP contribution is 2.19. The van der Waals surface area contributed by atoms with E-state index in [-0.39, 0.29) is 12.6 Å². The fraction of sp³-hybridized carbons (Fsp3) is 0.900. The van der Waals surface area contributed by atoms with E-state index in [0.29, 0.717) is 11.8 Å². The second-order valence-electron chi connectivity index (χ2n) is 4.11. The molecule has 0 amide bonds. The Balaban J connectivity index is 2.50. The average molecular weight is 215 g/mol. The zero-order chi connectivity index (χ0) is 11.3. The van der Waals surface area contributed by atoms with E-state index in [9.17, 15) is 0 Å². The van der Waals surface area contributed by atoms with Crippen LogP contribution in [0.25, 0.3) is 0 Å². The molecule has 0 aromatic rings. The lowest BCUT2D eigenvalue weighted by molar-refractivity contribution is 0.116. The molecule has 5 nitrogen and oxygen atoms in total. The lowest BCUT2D eigenvalue weighted by Gasteiger charge is -2.36. The highest BCUT2D eigenvalue weighted by atomic mass is 16.4. The van der Waals surface area contributed by atoms with Crippen LogP contribution in [0.15, 0.2) is 5.16 Å². The van der Waals surface area contributed by atoms with Gasteiger partial charge in [0.2, 0.25) is 0 Å². The maximum absolute atomic E-state index is 9.02. The molecule has 1 aliphatic heterocycles. The Kier molecular flexibility index (Phi) is 4.84. The van der Waals surface area contributed by atoms with Crippen LogP contribution in [0, 0.1) is 5.92 Å². The minimum atomic E-state index is 0.0367. The van der Waals surface area contributed by atoms with E-state index < -0.39 is 0 Å². The van der Waals surface area contributed by atoms with Gasteiger partial charge in [-0.1, -0.05) is 12.1 Å². The van der Waals surface area contributed by atoms with Gasteiger partial charge in [-0.05, 0) is 38.3 Å². The van der Waals surface area contributed by atoms with Crippen LogP contribution in [0.4, 0.5) is 0 Å². The molecule has 1 heterocycles. The number of piperidine rings is 1. The molecule has 4 N–H and O–H groups in total. The van der Waals surface area contributed by atoms with Gasteiger partial charge >= 0.3 is 0 Å². The van der Waals surface area contributed by atoms with Crippen molar-refractivity contribution >= 4 is 5.84 Å². The highest BCUT2D eigenvalue weighted by molar-refractivity contribution is 5.85. The first-order valence-corrected chi connectivity index (χ1v) is 5.55. The molecular weight excluding hydrogens is 194 g/mol. The predicted octanol–water partition coefficient (Wildman–Crippen LogP) is 0.216. The molecule has 1 atom stereocenters. The van der Waals surface area contributed by atoms with Gasteiger partial charge in [-0.15, -0.1) is 0 Å². The van der Waals surface area contributed by atoms with Gasteiger partial charge in [0.15, 0.2) is 5.84 Å². The predicted molar refractivity (Wildman–Crippen MR) is 58.9 cm³/mol. The van der Waals surface area contributed by atoms with Gasteiger partial charge in [0.1, 0.15) is 0 Å². The molecule has 0 radical (unpaired) electrons. The SMILES string of the molecule is CCC(C(N)=NO)N1CCC(CO)CC1. The van der Waals surface area contributed by atoms with Crippen molar-refractivity contribution in [1.82, 2.24) is 4.90 Å². The molecule has 0 saturated carbocycles. The molecule has 88 valence electrons. The fourth-order valence-electron chi connectivity index (χ4n) is 2.17. The Labute approximate surface area is 90.6 Å². The van der Waals surface area contributed by atoms with Crippen LogP contribution in [-0.4, -0.2) is 46.8 Å². The van der Waals surface area contributed by atoms with Crippen molar-refractivity contribution in [3.05, 3.63) is 0 Å². The van der Waals surface area contributed by atoms with Gasteiger partial charge in [0.05, 0.1) is 6.04 Å². The molecular formula is C10H21N3O2. The van der Waals surface area contributed by atoms with Crippen LogP contribution in [0.5, 0.6) is 0 Å². The maximum Gasteiger partial charge on any atom is 0.156 e. The van der Waals surface area contributed by atoms with Gasteiger partial charge in [-0.3, -0.25) is 4.90 Å². The molecule has 1 rings (SSSR count). The minimum Gasteiger partial charge on any atom is -0.409 e. The average Bonchev–Trinajstić information content (AvgIpc) is 2.30. The van der Waals surface area contributed by atoms with Crippen LogP contribution in [-0.2, 0) is 0 Å². The van der Waals surface area contributed by atoms with Crippen molar-refractivity contribution in [3.63, 3.8) is 0 Å². The van der Waals surface area contributed by atoms with Crippen molar-refractivity contribution in [2.24, 2.45) is 16.8 Å². The van der Waals surface area contributed by atoms with Gasteiger partial charge in [0, 0.05) is 6.61 Å². The molecule has 1 unspecified atom stereocenters. The highest BCUT2D eigenvalue weighted by Gasteiger charge is 2.25. The summed E-state index contributed by atoms with van der Waals surface area (Å²) in [5.41, 5.74) is 5.63. The van der Waals surface area contributed by atoms with E-state index in [4.69, 9.17) is 16.0 Å². The molecule has 15 heavy (non-hydrogen) atoms. The molecule has 0 aromatic heterocycles. The van der Waals surface area contributed by atoms with Gasteiger partial charge < -0.3 is 16.0 Å². The van der Waals surface area contributed by atoms with Crippen LogP contribution < -0.4 is 5.73 Å². The van der Waals surface area contributed by atoms with Crippen molar-refractivity contribution in [2.45, 2.75) is 32.2 Å². The molecule has 1 aliphatic rings. The molecule has 1 fully saturated rings. The third-order valence-corrected chi connectivity index (χ3v) is 3.19. The summed E-state index contributed by atoms with van der Waals surface area (Å²) in [6, 6.07) is 0.0367. The number of nitrogens with zero attached hydrogens (tertiary/aromatic N) is 2. The first-order valence-electron chi connectivity index (χ1n) is 5.55. The Morgan fingerprint density at radius 1 is 1.53 bits per heavy atom. The molecule has 0 bridgehead atoms. The summed E-state index contributed by atoms with van der Waals surface area (Å²) in [6.45, 7) is 4.13. The first kappa shape index (κ1) is 12.3. The zero-order valence-electron chi connectivity index (χ0n) is 9.26. The number of hydrogen-bond donors (Lipinski definition) is 3. The number of amidine groups is 1. The Morgan fingerprint density at radius 3 is 2.53 bits per heavy atom. The largest absolute Gasteiger partial charge is 0.409 e. The lowest BCUT2D eigenvalue weighted by atomic mass is 9.96. The summed E-state index contributed by atoms with van der Waals surface area (Å²) in [7, 11) is 0. The number of rotatable bonds is 4. The molecule has 0 aliphatic carbocycles. The zero-order valence-corrected chi connectivity index (χ0v) is 9.26. The molecule has 5 heteroatoms. The standard InChI is InChI=1S/C10H21N3O2/c1-2-9(10(11)12-15)13-5-3-8(7-14)4-6-13/h8-9,14-15H,2-7H2,1H3,(H2,11,12). The number of aliphatic hydroxyl groups excluding tert-OH is 1. The van der Waals surface area contributed by atoms with Crippen molar-refractivity contribution < 1.29 is 10.3 Å².